The average Bonchev–Trinajstić information content (AvgIpc) is 2.72. The summed E-state index contributed by atoms with van der Waals surface area (Å²) in [6, 6.07) is 8.52. The number of esters is 2. The fourth-order valence-electron chi connectivity index (χ4n) is 4.53. The molecule has 2 aliphatic rings. The quantitative estimate of drug-likeness (QED) is 0.821. The smallest absolute Gasteiger partial charge is 0.338 e. The second-order valence-corrected chi connectivity index (χ2v) is 7.34. The molecule has 0 aromatic heterocycles. The largest absolute Gasteiger partial charge is 0.461 e. The van der Waals surface area contributed by atoms with Crippen molar-refractivity contribution in [2.45, 2.75) is 50.4 Å². The molecule has 0 bridgehead atoms. The first-order valence-corrected chi connectivity index (χ1v) is 8.43. The summed E-state index contributed by atoms with van der Waals surface area (Å²) in [6.07, 6.45) is 0.570. The van der Waals surface area contributed by atoms with Gasteiger partial charge >= 0.3 is 11.9 Å². The number of hydrogen-bond acceptors (Lipinski definition) is 6. The van der Waals surface area contributed by atoms with Gasteiger partial charge in [0.05, 0.1) is 11.2 Å². The molecule has 1 aliphatic carbocycles. The van der Waals surface area contributed by atoms with Gasteiger partial charge in [-0.1, -0.05) is 25.1 Å². The summed E-state index contributed by atoms with van der Waals surface area (Å²) in [7, 11) is 1.49. The molecular formula is C19H24O6. The van der Waals surface area contributed by atoms with E-state index in [0.29, 0.717) is 12.0 Å². The molecule has 1 aromatic rings. The van der Waals surface area contributed by atoms with Crippen molar-refractivity contribution < 1.29 is 28.9 Å². The molecule has 136 valence electrons. The van der Waals surface area contributed by atoms with Crippen molar-refractivity contribution in [2.24, 2.45) is 5.41 Å². The predicted octanol–water partition coefficient (Wildman–Crippen LogP) is 2.10. The molecule has 0 radical (unpaired) electrons. The van der Waals surface area contributed by atoms with Crippen LogP contribution in [0, 0.1) is 5.41 Å². The van der Waals surface area contributed by atoms with Gasteiger partial charge in [0.15, 0.2) is 5.41 Å². The van der Waals surface area contributed by atoms with Crippen molar-refractivity contribution in [3.8, 4) is 0 Å². The van der Waals surface area contributed by atoms with Crippen LogP contribution >= 0.6 is 0 Å². The zero-order chi connectivity index (χ0) is 18.5. The Bertz CT molecular complexity index is 699. The van der Waals surface area contributed by atoms with Crippen LogP contribution in [0.1, 0.15) is 44.0 Å². The molecule has 25 heavy (non-hydrogen) atoms. The third kappa shape index (κ3) is 2.04. The minimum atomic E-state index is -1.43. The van der Waals surface area contributed by atoms with Crippen molar-refractivity contribution in [3.05, 3.63) is 35.9 Å². The van der Waals surface area contributed by atoms with Crippen LogP contribution in [-0.4, -0.2) is 47.6 Å². The second-order valence-electron chi connectivity index (χ2n) is 7.34. The number of aliphatic hydroxyl groups is 1. The van der Waals surface area contributed by atoms with E-state index in [0.717, 1.165) is 0 Å². The monoisotopic (exact) mass is 348 g/mol. The highest BCUT2D eigenvalue weighted by Crippen LogP contribution is 2.69. The Labute approximate surface area is 147 Å². The van der Waals surface area contributed by atoms with E-state index in [2.05, 4.69) is 0 Å². The summed E-state index contributed by atoms with van der Waals surface area (Å²) in [6.45, 7) is 5.01. The third-order valence-corrected chi connectivity index (χ3v) is 6.06. The number of rotatable bonds is 5. The normalized spacial score (nSPS) is 35.5. The van der Waals surface area contributed by atoms with Crippen LogP contribution in [0.5, 0.6) is 0 Å². The number of hydrogen-bond donors (Lipinski definition) is 1. The summed E-state index contributed by atoms with van der Waals surface area (Å²) in [5.41, 5.74) is -4.37. The molecule has 2 fully saturated rings. The van der Waals surface area contributed by atoms with Crippen LogP contribution in [0.3, 0.4) is 0 Å². The van der Waals surface area contributed by atoms with E-state index < -0.39 is 34.2 Å². The maximum absolute atomic E-state index is 12.8. The molecule has 0 spiro atoms. The number of fused-ring (bicyclic) bond motifs is 1. The van der Waals surface area contributed by atoms with E-state index >= 15 is 0 Å². The zero-order valence-electron chi connectivity index (χ0n) is 15.0. The highest BCUT2D eigenvalue weighted by atomic mass is 16.6. The molecule has 1 saturated heterocycles. The average molecular weight is 348 g/mol. The molecule has 3 rings (SSSR count). The molecule has 2 unspecified atom stereocenters. The Balaban J connectivity index is 1.94. The Morgan fingerprint density at radius 1 is 1.28 bits per heavy atom. The van der Waals surface area contributed by atoms with Gasteiger partial charge in [-0.05, 0) is 32.4 Å². The fourth-order valence-corrected chi connectivity index (χ4v) is 4.53. The first-order valence-electron chi connectivity index (χ1n) is 8.43. The summed E-state index contributed by atoms with van der Waals surface area (Å²) < 4.78 is 16.7. The van der Waals surface area contributed by atoms with Crippen molar-refractivity contribution in [3.63, 3.8) is 0 Å². The van der Waals surface area contributed by atoms with Crippen LogP contribution in [0.15, 0.2) is 30.3 Å². The lowest BCUT2D eigenvalue weighted by molar-refractivity contribution is -0.312. The Morgan fingerprint density at radius 3 is 2.48 bits per heavy atom. The molecule has 1 aromatic carbocycles. The van der Waals surface area contributed by atoms with Gasteiger partial charge in [-0.15, -0.1) is 0 Å². The number of methoxy groups -OCH3 is 1. The summed E-state index contributed by atoms with van der Waals surface area (Å²) >= 11 is 0. The maximum atomic E-state index is 12.8. The van der Waals surface area contributed by atoms with Gasteiger partial charge in [-0.3, -0.25) is 4.79 Å². The first-order chi connectivity index (χ1) is 11.7. The van der Waals surface area contributed by atoms with E-state index in [-0.39, 0.29) is 13.0 Å². The highest BCUT2D eigenvalue weighted by Gasteiger charge is 2.87. The van der Waals surface area contributed by atoms with Crippen LogP contribution in [0.2, 0.25) is 0 Å². The van der Waals surface area contributed by atoms with Gasteiger partial charge in [0.2, 0.25) is 0 Å². The minimum Gasteiger partial charge on any atom is -0.461 e. The highest BCUT2D eigenvalue weighted by molar-refractivity contribution is 5.91. The van der Waals surface area contributed by atoms with E-state index in [4.69, 9.17) is 14.2 Å². The number of ether oxygens (including phenoxy) is 3. The summed E-state index contributed by atoms with van der Waals surface area (Å²) in [5, 5.41) is 11.0. The molecule has 3 atom stereocenters. The van der Waals surface area contributed by atoms with E-state index in [1.165, 1.54) is 7.11 Å². The van der Waals surface area contributed by atoms with Gasteiger partial charge in [0, 0.05) is 13.5 Å². The molecule has 6 heteroatoms. The summed E-state index contributed by atoms with van der Waals surface area (Å²) in [4.78, 5) is 25.1. The Hall–Kier alpha value is -1.92. The topological polar surface area (TPSA) is 82.1 Å². The van der Waals surface area contributed by atoms with E-state index in [1.807, 2.05) is 0 Å². The fraction of sp³-hybridized carbons (Fsp3) is 0.579. The van der Waals surface area contributed by atoms with Crippen LogP contribution in [-0.2, 0) is 19.0 Å². The maximum Gasteiger partial charge on any atom is 0.338 e. The Kier molecular flexibility index (Phi) is 3.96. The first kappa shape index (κ1) is 17.9. The third-order valence-electron chi connectivity index (χ3n) is 6.06. The number of benzene rings is 1. The Morgan fingerprint density at radius 2 is 1.92 bits per heavy atom. The number of carbonyl (C=O) groups excluding carboxylic acids is 2. The lowest BCUT2D eigenvalue weighted by Crippen LogP contribution is -2.80. The van der Waals surface area contributed by atoms with Gasteiger partial charge in [-0.2, -0.15) is 0 Å². The molecule has 1 heterocycles. The molecule has 6 nitrogen and oxygen atoms in total. The van der Waals surface area contributed by atoms with Crippen LogP contribution in [0.4, 0.5) is 0 Å². The van der Waals surface area contributed by atoms with E-state index in [1.54, 1.807) is 51.1 Å². The van der Waals surface area contributed by atoms with E-state index in [9.17, 15) is 14.7 Å². The SMILES string of the molecule is CCC1(O)C[C@]2(OC)C(C)(C)OC(=O)C12COC(=O)c1ccccc1. The summed E-state index contributed by atoms with van der Waals surface area (Å²) in [5.74, 6) is -1.14. The molecule has 1 aliphatic heterocycles. The molecular weight excluding hydrogens is 324 g/mol. The second kappa shape index (κ2) is 5.54. The van der Waals surface area contributed by atoms with Crippen LogP contribution < -0.4 is 0 Å². The number of cyclic esters (lactones) is 1. The minimum absolute atomic E-state index is 0.245. The molecule has 1 N–H and O–H groups in total. The zero-order valence-corrected chi connectivity index (χ0v) is 15.0. The van der Waals surface area contributed by atoms with Crippen molar-refractivity contribution >= 4 is 11.9 Å². The van der Waals surface area contributed by atoms with Crippen molar-refractivity contribution in [1.29, 1.82) is 0 Å². The predicted molar refractivity (Wildman–Crippen MR) is 88.9 cm³/mol. The number of carbonyl (C=O) groups is 2. The van der Waals surface area contributed by atoms with Gasteiger partial charge < -0.3 is 19.3 Å². The lowest BCUT2D eigenvalue weighted by Gasteiger charge is -2.63. The van der Waals surface area contributed by atoms with Gasteiger partial charge in [-0.25, -0.2) is 4.79 Å². The molecule has 1 saturated carbocycles. The van der Waals surface area contributed by atoms with Crippen molar-refractivity contribution in [1.82, 2.24) is 0 Å². The van der Waals surface area contributed by atoms with Crippen molar-refractivity contribution in [2.75, 3.05) is 13.7 Å². The van der Waals surface area contributed by atoms with Crippen LogP contribution in [0.25, 0.3) is 0 Å². The standard InChI is InChI=1S/C19H24O6/c1-5-17(22)11-19(23-4)16(2,3)25-15(21)18(17,19)12-24-14(20)13-9-7-6-8-10-13/h6-10,22H,5,11-12H2,1-4H3/t17?,18?,19-/m0/s1. The molecule has 0 amide bonds. The van der Waals surface area contributed by atoms with Gasteiger partial charge in [0.25, 0.3) is 0 Å². The van der Waals surface area contributed by atoms with Gasteiger partial charge in [0.1, 0.15) is 17.8 Å². The lowest BCUT2D eigenvalue weighted by atomic mass is 9.44.